The summed E-state index contributed by atoms with van der Waals surface area (Å²) in [6.45, 7) is 9.53. The van der Waals surface area contributed by atoms with Crippen molar-refractivity contribution in [3.05, 3.63) is 30.1 Å². The minimum absolute atomic E-state index is 0.0918. The Morgan fingerprint density at radius 2 is 1.89 bits per heavy atom. The molecule has 0 radical (unpaired) electrons. The number of morpholine rings is 1. The molecule has 0 aliphatic carbocycles. The SMILES string of the molecule is CC(C)CN(C(=O)c1nc2ccccc2n1C(C)C(=O)O)[C@@H]1CNC[C@H](C(=O)N2CCOCC2)C1. The van der Waals surface area contributed by atoms with Gasteiger partial charge in [0.1, 0.15) is 6.04 Å². The molecule has 10 nitrogen and oxygen atoms in total. The zero-order chi connectivity index (χ0) is 25.1. The van der Waals surface area contributed by atoms with Crippen LogP contribution in [0.15, 0.2) is 24.3 Å². The van der Waals surface area contributed by atoms with Crippen molar-refractivity contribution in [2.24, 2.45) is 11.8 Å². The molecule has 3 heterocycles. The number of imidazole rings is 1. The highest BCUT2D eigenvalue weighted by Gasteiger charge is 2.37. The van der Waals surface area contributed by atoms with Gasteiger partial charge in [0, 0.05) is 38.8 Å². The first-order chi connectivity index (χ1) is 16.8. The summed E-state index contributed by atoms with van der Waals surface area (Å²) in [5.41, 5.74) is 1.19. The molecule has 2 aliphatic heterocycles. The third-order valence-corrected chi connectivity index (χ3v) is 6.79. The van der Waals surface area contributed by atoms with E-state index in [4.69, 9.17) is 4.74 Å². The average molecular weight is 486 g/mol. The van der Waals surface area contributed by atoms with Gasteiger partial charge >= 0.3 is 5.97 Å². The van der Waals surface area contributed by atoms with Gasteiger partial charge in [-0.25, -0.2) is 9.78 Å². The van der Waals surface area contributed by atoms with Crippen LogP contribution in [0.4, 0.5) is 0 Å². The number of benzene rings is 1. The van der Waals surface area contributed by atoms with Gasteiger partial charge in [-0.15, -0.1) is 0 Å². The maximum absolute atomic E-state index is 14.0. The Balaban J connectivity index is 1.64. The Morgan fingerprint density at radius 3 is 2.57 bits per heavy atom. The van der Waals surface area contributed by atoms with E-state index in [0.29, 0.717) is 63.4 Å². The highest BCUT2D eigenvalue weighted by molar-refractivity contribution is 5.96. The number of fused-ring (bicyclic) bond motifs is 1. The van der Waals surface area contributed by atoms with Crippen molar-refractivity contribution in [3.63, 3.8) is 0 Å². The maximum Gasteiger partial charge on any atom is 0.326 e. The van der Waals surface area contributed by atoms with E-state index in [1.165, 1.54) is 4.57 Å². The summed E-state index contributed by atoms with van der Waals surface area (Å²) in [7, 11) is 0. The fourth-order valence-electron chi connectivity index (χ4n) is 5.00. The maximum atomic E-state index is 14.0. The topological polar surface area (TPSA) is 117 Å². The van der Waals surface area contributed by atoms with Crippen LogP contribution in [0.2, 0.25) is 0 Å². The lowest BCUT2D eigenvalue weighted by atomic mass is 9.92. The van der Waals surface area contributed by atoms with E-state index >= 15 is 0 Å². The molecule has 2 amide bonds. The molecule has 4 rings (SSSR count). The number of piperidine rings is 1. The minimum atomic E-state index is -1.03. The van der Waals surface area contributed by atoms with Crippen molar-refractivity contribution in [2.45, 2.75) is 39.3 Å². The molecule has 190 valence electrons. The van der Waals surface area contributed by atoms with Crippen LogP contribution < -0.4 is 5.32 Å². The van der Waals surface area contributed by atoms with Crippen LogP contribution in [0.25, 0.3) is 11.0 Å². The number of nitrogens with zero attached hydrogens (tertiary/aromatic N) is 4. The summed E-state index contributed by atoms with van der Waals surface area (Å²) in [5, 5.41) is 13.1. The number of aliphatic carboxylic acids is 1. The first kappa shape index (κ1) is 25.1. The smallest absolute Gasteiger partial charge is 0.326 e. The predicted octanol–water partition coefficient (Wildman–Crippen LogP) is 1.62. The summed E-state index contributed by atoms with van der Waals surface area (Å²) < 4.78 is 6.89. The first-order valence-corrected chi connectivity index (χ1v) is 12.4. The molecular formula is C25H35N5O5. The summed E-state index contributed by atoms with van der Waals surface area (Å²) in [6, 6.07) is 6.03. The second-order valence-electron chi connectivity index (χ2n) is 9.84. The molecule has 10 heteroatoms. The molecule has 0 bridgehead atoms. The standard InChI is InChI=1S/C25H35N5O5/c1-16(2)15-29(19-12-18(13-26-14-19)23(31)28-8-10-35-11-9-28)24(32)22-27-20-6-4-5-7-21(20)30(22)17(3)25(33)34/h4-7,16-19,26H,8-15H2,1-3H3,(H,33,34)/t17?,18-,19+/m1/s1. The van der Waals surface area contributed by atoms with Gasteiger partial charge in [0.25, 0.3) is 5.91 Å². The highest BCUT2D eigenvalue weighted by Crippen LogP contribution is 2.26. The second-order valence-corrected chi connectivity index (χ2v) is 9.84. The van der Waals surface area contributed by atoms with E-state index in [1.807, 2.05) is 30.9 Å². The quantitative estimate of drug-likeness (QED) is 0.612. The molecule has 2 saturated heterocycles. The zero-order valence-corrected chi connectivity index (χ0v) is 20.6. The zero-order valence-electron chi connectivity index (χ0n) is 20.6. The van der Waals surface area contributed by atoms with Gasteiger partial charge in [-0.3, -0.25) is 9.59 Å². The van der Waals surface area contributed by atoms with Gasteiger partial charge in [0.05, 0.1) is 30.2 Å². The van der Waals surface area contributed by atoms with E-state index in [-0.39, 0.29) is 35.5 Å². The highest BCUT2D eigenvalue weighted by atomic mass is 16.5. The third kappa shape index (κ3) is 5.33. The van der Waals surface area contributed by atoms with Crippen LogP contribution in [0, 0.1) is 11.8 Å². The molecule has 2 aromatic rings. The lowest BCUT2D eigenvalue weighted by Gasteiger charge is -2.40. The Labute approximate surface area is 205 Å². The Kier molecular flexibility index (Phi) is 7.71. The number of carboxylic acids is 1. The number of carbonyl (C=O) groups is 3. The number of aromatic nitrogens is 2. The van der Waals surface area contributed by atoms with Gasteiger partial charge in [0.2, 0.25) is 11.7 Å². The minimum Gasteiger partial charge on any atom is -0.480 e. The van der Waals surface area contributed by atoms with Crippen LogP contribution in [-0.4, -0.2) is 94.2 Å². The molecule has 0 spiro atoms. The van der Waals surface area contributed by atoms with Crippen LogP contribution in [-0.2, 0) is 14.3 Å². The molecule has 2 N–H and O–H groups in total. The van der Waals surface area contributed by atoms with Gasteiger partial charge in [-0.2, -0.15) is 0 Å². The van der Waals surface area contributed by atoms with Crippen molar-refractivity contribution >= 4 is 28.8 Å². The van der Waals surface area contributed by atoms with Crippen LogP contribution in [0.5, 0.6) is 0 Å². The van der Waals surface area contributed by atoms with Gasteiger partial charge in [-0.1, -0.05) is 26.0 Å². The number of hydrogen-bond acceptors (Lipinski definition) is 6. The molecule has 2 fully saturated rings. The van der Waals surface area contributed by atoms with Crippen LogP contribution >= 0.6 is 0 Å². The number of nitrogens with one attached hydrogen (secondary N) is 1. The summed E-state index contributed by atoms with van der Waals surface area (Å²) in [6.07, 6.45) is 0.552. The molecule has 1 aromatic heterocycles. The average Bonchev–Trinajstić information content (AvgIpc) is 3.26. The van der Waals surface area contributed by atoms with Gasteiger partial charge in [0.15, 0.2) is 0 Å². The second kappa shape index (κ2) is 10.7. The Bertz CT molecular complexity index is 1080. The molecule has 1 aromatic carbocycles. The Morgan fingerprint density at radius 1 is 1.17 bits per heavy atom. The van der Waals surface area contributed by atoms with E-state index in [2.05, 4.69) is 10.3 Å². The number of rotatable bonds is 7. The van der Waals surface area contributed by atoms with Gasteiger partial charge < -0.3 is 29.5 Å². The molecular weight excluding hydrogens is 450 g/mol. The van der Waals surface area contributed by atoms with Crippen molar-refractivity contribution in [1.82, 2.24) is 24.7 Å². The van der Waals surface area contributed by atoms with E-state index in [9.17, 15) is 19.5 Å². The Hall–Kier alpha value is -2.98. The van der Waals surface area contributed by atoms with Crippen molar-refractivity contribution < 1.29 is 24.2 Å². The summed E-state index contributed by atoms with van der Waals surface area (Å²) >= 11 is 0. The summed E-state index contributed by atoms with van der Waals surface area (Å²) in [4.78, 5) is 47.2. The number of amides is 2. The van der Waals surface area contributed by atoms with Crippen molar-refractivity contribution in [2.75, 3.05) is 45.9 Å². The number of hydrogen-bond donors (Lipinski definition) is 2. The molecule has 3 atom stereocenters. The van der Waals surface area contributed by atoms with Crippen molar-refractivity contribution in [1.29, 1.82) is 0 Å². The fraction of sp³-hybridized carbons (Fsp3) is 0.600. The fourth-order valence-corrected chi connectivity index (χ4v) is 5.00. The van der Waals surface area contributed by atoms with Gasteiger partial charge in [-0.05, 0) is 31.4 Å². The third-order valence-electron chi connectivity index (χ3n) is 6.79. The number of para-hydroxylation sites is 2. The lowest BCUT2D eigenvalue weighted by Crippen LogP contribution is -2.56. The molecule has 0 saturated carbocycles. The normalized spacial score (nSPS) is 21.8. The molecule has 1 unspecified atom stereocenters. The number of ether oxygens (including phenoxy) is 1. The van der Waals surface area contributed by atoms with Crippen molar-refractivity contribution in [3.8, 4) is 0 Å². The molecule has 2 aliphatic rings. The molecule has 35 heavy (non-hydrogen) atoms. The van der Waals surface area contributed by atoms with E-state index in [1.54, 1.807) is 24.0 Å². The largest absolute Gasteiger partial charge is 0.480 e. The first-order valence-electron chi connectivity index (χ1n) is 12.4. The number of carboxylic acid groups (broad SMARTS) is 1. The van der Waals surface area contributed by atoms with E-state index < -0.39 is 12.0 Å². The monoisotopic (exact) mass is 485 g/mol. The lowest BCUT2D eigenvalue weighted by molar-refractivity contribution is -0.141. The summed E-state index contributed by atoms with van der Waals surface area (Å²) in [5.74, 6) is -1.19. The number of carbonyl (C=O) groups excluding carboxylic acids is 2. The van der Waals surface area contributed by atoms with Crippen LogP contribution in [0.1, 0.15) is 43.9 Å². The predicted molar refractivity (Wildman–Crippen MR) is 130 cm³/mol. The van der Waals surface area contributed by atoms with Crippen LogP contribution in [0.3, 0.4) is 0 Å². The van der Waals surface area contributed by atoms with E-state index in [0.717, 1.165) is 0 Å².